The highest BCUT2D eigenvalue weighted by molar-refractivity contribution is 8.00. The van der Waals surface area contributed by atoms with Crippen molar-refractivity contribution in [2.24, 2.45) is 0 Å². The third kappa shape index (κ3) is 4.75. The molecule has 2 heterocycles. The molecule has 172 valence electrons. The van der Waals surface area contributed by atoms with Gasteiger partial charge in [-0.25, -0.2) is 4.79 Å². The quantitative estimate of drug-likeness (QED) is 0.591. The summed E-state index contributed by atoms with van der Waals surface area (Å²) in [6, 6.07) is 8.53. The first-order valence-corrected chi connectivity index (χ1v) is 11.1. The average molecular weight is 468 g/mol. The van der Waals surface area contributed by atoms with E-state index in [0.717, 1.165) is 63.1 Å². The summed E-state index contributed by atoms with van der Waals surface area (Å²) < 4.78 is 48.5. The molecule has 32 heavy (non-hydrogen) atoms. The van der Waals surface area contributed by atoms with Crippen LogP contribution in [0.3, 0.4) is 0 Å². The number of carboxylic acids is 1. The monoisotopic (exact) mass is 467 g/mol. The Labute approximate surface area is 188 Å². The van der Waals surface area contributed by atoms with Crippen LogP contribution in [-0.4, -0.2) is 55.3 Å². The van der Waals surface area contributed by atoms with Gasteiger partial charge in [-0.05, 0) is 67.7 Å². The largest absolute Gasteiger partial charge is 0.496 e. The minimum atomic E-state index is -4.47. The highest BCUT2D eigenvalue weighted by Gasteiger charge is 2.34. The van der Waals surface area contributed by atoms with Crippen LogP contribution in [0.2, 0.25) is 0 Å². The number of alkyl halides is 3. The molecule has 0 bridgehead atoms. The second-order valence-corrected chi connectivity index (χ2v) is 8.73. The number of fused-ring (bicyclic) bond motifs is 1. The molecule has 1 unspecified atom stereocenters. The van der Waals surface area contributed by atoms with Crippen LogP contribution in [0.4, 0.5) is 24.5 Å². The molecule has 2 aromatic rings. The fourth-order valence-corrected chi connectivity index (χ4v) is 5.10. The zero-order valence-electron chi connectivity index (χ0n) is 17.5. The summed E-state index contributed by atoms with van der Waals surface area (Å²) in [7, 11) is 1.45. The summed E-state index contributed by atoms with van der Waals surface area (Å²) in [6.07, 6.45) is -2.23. The van der Waals surface area contributed by atoms with E-state index in [1.165, 1.54) is 31.4 Å². The number of aromatic carboxylic acids is 1. The number of nitrogens with one attached hydrogen (secondary N) is 1. The SMILES string of the molecule is COc1ccc(C(=O)O)cc1SNc1cc(C(F)(F)F)ccc1N1CCN2CCCC2C1. The lowest BCUT2D eigenvalue weighted by Gasteiger charge is -2.39. The van der Waals surface area contributed by atoms with Gasteiger partial charge in [0.1, 0.15) is 5.75 Å². The third-order valence-electron chi connectivity index (χ3n) is 5.93. The lowest BCUT2D eigenvalue weighted by atomic mass is 10.1. The summed E-state index contributed by atoms with van der Waals surface area (Å²) in [5, 5.41) is 9.27. The van der Waals surface area contributed by atoms with Crippen LogP contribution in [0.25, 0.3) is 0 Å². The standard InChI is InChI=1S/C22H24F3N3O3S/c1-31-19-7-4-14(21(29)30)11-20(19)32-26-17-12-15(22(23,24)25)5-6-18(17)28-10-9-27-8-2-3-16(27)13-28/h4-7,11-12,16,26H,2-3,8-10,13H2,1H3,(H,29,30). The predicted octanol–water partition coefficient (Wildman–Crippen LogP) is 4.82. The van der Waals surface area contributed by atoms with Crippen molar-refractivity contribution in [1.82, 2.24) is 4.90 Å². The maximum Gasteiger partial charge on any atom is 0.416 e. The molecule has 0 spiro atoms. The van der Waals surface area contributed by atoms with Crippen LogP contribution >= 0.6 is 11.9 Å². The van der Waals surface area contributed by atoms with Crippen LogP contribution in [0, 0.1) is 0 Å². The summed E-state index contributed by atoms with van der Waals surface area (Å²) in [4.78, 5) is 16.4. The molecule has 2 fully saturated rings. The van der Waals surface area contributed by atoms with Crippen LogP contribution < -0.4 is 14.4 Å². The number of methoxy groups -OCH3 is 1. The van der Waals surface area contributed by atoms with Gasteiger partial charge in [-0.15, -0.1) is 0 Å². The molecule has 0 saturated carbocycles. The first-order valence-electron chi connectivity index (χ1n) is 10.3. The number of piperazine rings is 1. The molecule has 6 nitrogen and oxygen atoms in total. The molecule has 2 N–H and O–H groups in total. The summed E-state index contributed by atoms with van der Waals surface area (Å²) in [5.41, 5.74) is 0.358. The van der Waals surface area contributed by atoms with Gasteiger partial charge in [0.05, 0.1) is 34.5 Å². The van der Waals surface area contributed by atoms with Crippen LogP contribution in [0.5, 0.6) is 5.75 Å². The van der Waals surface area contributed by atoms with Gasteiger partial charge < -0.3 is 19.5 Å². The zero-order chi connectivity index (χ0) is 22.9. The number of ether oxygens (including phenoxy) is 1. The third-order valence-corrected chi connectivity index (χ3v) is 6.79. The Morgan fingerprint density at radius 2 is 2.00 bits per heavy atom. The molecule has 0 amide bonds. The van der Waals surface area contributed by atoms with Crippen molar-refractivity contribution in [2.75, 3.05) is 42.9 Å². The van der Waals surface area contributed by atoms with Gasteiger partial charge in [-0.1, -0.05) is 0 Å². The van der Waals surface area contributed by atoms with E-state index in [1.807, 2.05) is 0 Å². The molecule has 1 atom stereocenters. The molecule has 4 rings (SSSR count). The fourth-order valence-electron chi connectivity index (χ4n) is 4.28. The average Bonchev–Trinajstić information content (AvgIpc) is 3.24. The Kier molecular flexibility index (Phi) is 6.43. The molecule has 0 aliphatic carbocycles. The van der Waals surface area contributed by atoms with E-state index < -0.39 is 17.7 Å². The number of nitrogens with zero attached hydrogens (tertiary/aromatic N) is 2. The number of carbonyl (C=O) groups is 1. The molecule has 0 aromatic heterocycles. The lowest BCUT2D eigenvalue weighted by molar-refractivity contribution is -0.137. The van der Waals surface area contributed by atoms with Gasteiger partial charge in [0.25, 0.3) is 0 Å². The Bertz CT molecular complexity index is 1000. The lowest BCUT2D eigenvalue weighted by Crippen LogP contribution is -2.50. The summed E-state index contributed by atoms with van der Waals surface area (Å²) in [5.74, 6) is -0.663. The first kappa shape index (κ1) is 22.6. The smallest absolute Gasteiger partial charge is 0.416 e. The number of anilines is 2. The molecule has 10 heteroatoms. The van der Waals surface area contributed by atoms with E-state index in [1.54, 1.807) is 0 Å². The van der Waals surface area contributed by atoms with E-state index in [0.29, 0.717) is 28.1 Å². The normalized spacial score (nSPS) is 19.0. The number of hydrogen-bond acceptors (Lipinski definition) is 6. The summed E-state index contributed by atoms with van der Waals surface area (Å²) in [6.45, 7) is 3.46. The van der Waals surface area contributed by atoms with Crippen molar-refractivity contribution in [2.45, 2.75) is 30.0 Å². The molecule has 2 aliphatic rings. The number of rotatable bonds is 6. The van der Waals surface area contributed by atoms with Crippen molar-refractivity contribution in [3.8, 4) is 5.75 Å². The summed E-state index contributed by atoms with van der Waals surface area (Å²) >= 11 is 1.03. The highest BCUT2D eigenvalue weighted by Crippen LogP contribution is 2.40. The molecular weight excluding hydrogens is 443 g/mol. The van der Waals surface area contributed by atoms with Gasteiger partial charge in [-0.2, -0.15) is 13.2 Å². The van der Waals surface area contributed by atoms with Crippen molar-refractivity contribution in [3.63, 3.8) is 0 Å². The number of carboxylic acid groups (broad SMARTS) is 1. The Hall–Kier alpha value is -2.59. The van der Waals surface area contributed by atoms with E-state index in [2.05, 4.69) is 14.5 Å². The van der Waals surface area contributed by atoms with Crippen LogP contribution in [0.1, 0.15) is 28.8 Å². The minimum absolute atomic E-state index is 0.0664. The number of halogens is 3. The van der Waals surface area contributed by atoms with E-state index in [9.17, 15) is 23.1 Å². The van der Waals surface area contributed by atoms with Crippen LogP contribution in [-0.2, 0) is 6.18 Å². The van der Waals surface area contributed by atoms with E-state index in [4.69, 9.17) is 4.74 Å². The van der Waals surface area contributed by atoms with Crippen molar-refractivity contribution >= 4 is 29.3 Å². The Morgan fingerprint density at radius 1 is 1.19 bits per heavy atom. The second-order valence-electron chi connectivity index (χ2n) is 7.88. The van der Waals surface area contributed by atoms with Crippen LogP contribution in [0.15, 0.2) is 41.3 Å². The van der Waals surface area contributed by atoms with Gasteiger partial charge in [-0.3, -0.25) is 4.90 Å². The Balaban J connectivity index is 1.63. The molecule has 2 saturated heterocycles. The van der Waals surface area contributed by atoms with Gasteiger partial charge in [0.15, 0.2) is 0 Å². The number of hydrogen-bond donors (Lipinski definition) is 2. The van der Waals surface area contributed by atoms with Gasteiger partial charge in [0.2, 0.25) is 0 Å². The van der Waals surface area contributed by atoms with Crippen molar-refractivity contribution in [3.05, 3.63) is 47.5 Å². The van der Waals surface area contributed by atoms with Gasteiger partial charge in [0, 0.05) is 25.7 Å². The fraction of sp³-hybridized carbons (Fsp3) is 0.409. The highest BCUT2D eigenvalue weighted by atomic mass is 32.2. The topological polar surface area (TPSA) is 65.0 Å². The van der Waals surface area contributed by atoms with E-state index in [-0.39, 0.29) is 5.56 Å². The maximum absolute atomic E-state index is 13.4. The molecule has 2 aromatic carbocycles. The van der Waals surface area contributed by atoms with Crippen molar-refractivity contribution < 1.29 is 27.8 Å². The number of benzene rings is 2. The van der Waals surface area contributed by atoms with E-state index >= 15 is 0 Å². The first-order chi connectivity index (χ1) is 15.3. The maximum atomic E-state index is 13.4. The second kappa shape index (κ2) is 9.11. The predicted molar refractivity (Wildman–Crippen MR) is 118 cm³/mol. The molecular formula is C22H24F3N3O3S. The Morgan fingerprint density at radius 3 is 2.72 bits per heavy atom. The van der Waals surface area contributed by atoms with Gasteiger partial charge >= 0.3 is 12.1 Å². The molecule has 2 aliphatic heterocycles. The van der Waals surface area contributed by atoms with Crippen molar-refractivity contribution in [1.29, 1.82) is 0 Å². The minimum Gasteiger partial charge on any atom is -0.496 e. The zero-order valence-corrected chi connectivity index (χ0v) is 18.3. The molecule has 0 radical (unpaired) electrons.